The highest BCUT2D eigenvalue weighted by molar-refractivity contribution is 5.91. The quantitative estimate of drug-likeness (QED) is 0.660. The number of guanidine groups is 1. The number of hydrogen-bond acceptors (Lipinski definition) is 4. The van der Waals surface area contributed by atoms with Gasteiger partial charge in [0, 0.05) is 39.8 Å². The van der Waals surface area contributed by atoms with Gasteiger partial charge in [-0.05, 0) is 36.2 Å². The van der Waals surface area contributed by atoms with Gasteiger partial charge in [0.1, 0.15) is 5.75 Å². The molecule has 2 aromatic rings. The maximum atomic E-state index is 12.4. The molecule has 0 saturated carbocycles. The SMILES string of the molecule is CN=C(NCc1ccc(OC)c(C)c1)N1CCN(C(=O)c2ccco2)CC1. The summed E-state index contributed by atoms with van der Waals surface area (Å²) in [6, 6.07) is 9.57. The highest BCUT2D eigenvalue weighted by atomic mass is 16.5. The zero-order valence-corrected chi connectivity index (χ0v) is 16.1. The zero-order chi connectivity index (χ0) is 19.2. The second-order valence-corrected chi connectivity index (χ2v) is 6.46. The van der Waals surface area contributed by atoms with E-state index in [1.54, 1.807) is 26.3 Å². The second kappa shape index (κ2) is 8.62. The maximum Gasteiger partial charge on any atom is 0.289 e. The minimum absolute atomic E-state index is 0.0590. The zero-order valence-electron chi connectivity index (χ0n) is 16.1. The summed E-state index contributed by atoms with van der Waals surface area (Å²) in [4.78, 5) is 20.7. The predicted octanol–water partition coefficient (Wildman–Crippen LogP) is 2.13. The fourth-order valence-corrected chi connectivity index (χ4v) is 3.24. The van der Waals surface area contributed by atoms with Crippen molar-refractivity contribution >= 4 is 11.9 Å². The molecule has 144 valence electrons. The van der Waals surface area contributed by atoms with Crippen LogP contribution in [0.4, 0.5) is 0 Å². The van der Waals surface area contributed by atoms with Crippen LogP contribution in [-0.2, 0) is 6.54 Å². The van der Waals surface area contributed by atoms with E-state index in [0.717, 1.165) is 30.4 Å². The van der Waals surface area contributed by atoms with Gasteiger partial charge in [-0.1, -0.05) is 12.1 Å². The molecule has 1 saturated heterocycles. The minimum Gasteiger partial charge on any atom is -0.496 e. The number of benzene rings is 1. The Bertz CT molecular complexity index is 794. The third-order valence-corrected chi connectivity index (χ3v) is 4.72. The molecule has 0 atom stereocenters. The molecule has 27 heavy (non-hydrogen) atoms. The first-order chi connectivity index (χ1) is 13.1. The molecule has 1 aromatic heterocycles. The van der Waals surface area contributed by atoms with Crippen LogP contribution in [0, 0.1) is 6.92 Å². The molecule has 1 aromatic carbocycles. The van der Waals surface area contributed by atoms with Gasteiger partial charge in [0.2, 0.25) is 0 Å². The Morgan fingerprint density at radius 1 is 1.22 bits per heavy atom. The fraction of sp³-hybridized carbons (Fsp3) is 0.400. The summed E-state index contributed by atoms with van der Waals surface area (Å²) in [7, 11) is 3.46. The normalized spacial score (nSPS) is 15.0. The van der Waals surface area contributed by atoms with Gasteiger partial charge in [-0.25, -0.2) is 0 Å². The lowest BCUT2D eigenvalue weighted by Gasteiger charge is -2.36. The van der Waals surface area contributed by atoms with Gasteiger partial charge in [0.05, 0.1) is 13.4 Å². The average Bonchev–Trinajstić information content (AvgIpc) is 3.23. The number of amides is 1. The summed E-state index contributed by atoms with van der Waals surface area (Å²) in [6.07, 6.45) is 1.52. The summed E-state index contributed by atoms with van der Waals surface area (Å²) in [5.74, 6) is 2.06. The van der Waals surface area contributed by atoms with Crippen molar-refractivity contribution in [2.45, 2.75) is 13.5 Å². The van der Waals surface area contributed by atoms with Crippen LogP contribution in [0.3, 0.4) is 0 Å². The van der Waals surface area contributed by atoms with Crippen LogP contribution in [-0.4, -0.2) is 62.0 Å². The van der Waals surface area contributed by atoms with Crippen LogP contribution in [0.1, 0.15) is 21.7 Å². The van der Waals surface area contributed by atoms with Gasteiger partial charge in [-0.15, -0.1) is 0 Å². The number of rotatable bonds is 4. The van der Waals surface area contributed by atoms with Crippen molar-refractivity contribution < 1.29 is 13.9 Å². The molecular weight excluding hydrogens is 344 g/mol. The van der Waals surface area contributed by atoms with Crippen molar-refractivity contribution in [3.05, 3.63) is 53.5 Å². The van der Waals surface area contributed by atoms with Crippen molar-refractivity contribution in [2.75, 3.05) is 40.3 Å². The Labute approximate surface area is 159 Å². The summed E-state index contributed by atoms with van der Waals surface area (Å²) < 4.78 is 10.5. The van der Waals surface area contributed by atoms with E-state index in [9.17, 15) is 4.79 Å². The molecule has 0 spiro atoms. The molecule has 1 aliphatic heterocycles. The Morgan fingerprint density at radius 3 is 2.56 bits per heavy atom. The number of furan rings is 1. The van der Waals surface area contributed by atoms with Gasteiger partial charge in [-0.3, -0.25) is 9.79 Å². The molecule has 1 amide bonds. The first-order valence-electron chi connectivity index (χ1n) is 9.04. The molecule has 0 radical (unpaired) electrons. The first kappa shape index (κ1) is 18.8. The van der Waals surface area contributed by atoms with E-state index in [-0.39, 0.29) is 5.91 Å². The minimum atomic E-state index is -0.0590. The molecule has 1 aliphatic rings. The van der Waals surface area contributed by atoms with E-state index in [1.165, 1.54) is 11.8 Å². The topological polar surface area (TPSA) is 70.3 Å². The van der Waals surface area contributed by atoms with Gasteiger partial charge in [-0.2, -0.15) is 0 Å². The van der Waals surface area contributed by atoms with Crippen LogP contribution in [0.25, 0.3) is 0 Å². The number of ether oxygens (including phenoxy) is 1. The van der Waals surface area contributed by atoms with Crippen molar-refractivity contribution in [3.63, 3.8) is 0 Å². The molecule has 0 bridgehead atoms. The van der Waals surface area contributed by atoms with E-state index in [4.69, 9.17) is 9.15 Å². The first-order valence-corrected chi connectivity index (χ1v) is 9.04. The number of aliphatic imine (C=N–C) groups is 1. The summed E-state index contributed by atoms with van der Waals surface area (Å²) >= 11 is 0. The van der Waals surface area contributed by atoms with E-state index >= 15 is 0 Å². The Hall–Kier alpha value is -2.96. The highest BCUT2D eigenvalue weighted by Crippen LogP contribution is 2.18. The van der Waals surface area contributed by atoms with E-state index < -0.39 is 0 Å². The molecule has 2 heterocycles. The molecule has 3 rings (SSSR count). The Kier molecular flexibility index (Phi) is 6.01. The smallest absolute Gasteiger partial charge is 0.289 e. The lowest BCUT2D eigenvalue weighted by molar-refractivity contribution is 0.0657. The number of nitrogens with one attached hydrogen (secondary N) is 1. The standard InChI is InChI=1S/C20H26N4O3/c1-15-13-16(6-7-17(15)26-3)14-22-20(21-2)24-10-8-23(9-11-24)19(25)18-5-4-12-27-18/h4-7,12-13H,8-11,14H2,1-3H3,(H,21,22). The number of aryl methyl sites for hydroxylation is 1. The van der Waals surface area contributed by atoms with Crippen LogP contribution < -0.4 is 10.1 Å². The molecular formula is C20H26N4O3. The number of hydrogen-bond donors (Lipinski definition) is 1. The maximum absolute atomic E-state index is 12.4. The third kappa shape index (κ3) is 4.42. The number of methoxy groups -OCH3 is 1. The Morgan fingerprint density at radius 2 is 1.96 bits per heavy atom. The highest BCUT2D eigenvalue weighted by Gasteiger charge is 2.25. The van der Waals surface area contributed by atoms with Crippen molar-refractivity contribution in [2.24, 2.45) is 4.99 Å². The molecule has 0 aliphatic carbocycles. The fourth-order valence-electron chi connectivity index (χ4n) is 3.24. The van der Waals surface area contributed by atoms with E-state index in [0.29, 0.717) is 25.4 Å². The predicted molar refractivity (Wildman–Crippen MR) is 104 cm³/mol. The summed E-state index contributed by atoms with van der Waals surface area (Å²) in [5, 5.41) is 3.40. The molecule has 7 heteroatoms. The van der Waals surface area contributed by atoms with Crippen molar-refractivity contribution in [3.8, 4) is 5.75 Å². The second-order valence-electron chi connectivity index (χ2n) is 6.46. The van der Waals surface area contributed by atoms with Gasteiger partial charge >= 0.3 is 0 Å². The average molecular weight is 370 g/mol. The van der Waals surface area contributed by atoms with Gasteiger partial charge in [0.25, 0.3) is 5.91 Å². The summed E-state index contributed by atoms with van der Waals surface area (Å²) in [5.41, 5.74) is 2.28. The molecule has 7 nitrogen and oxygen atoms in total. The third-order valence-electron chi connectivity index (χ3n) is 4.72. The van der Waals surface area contributed by atoms with Crippen LogP contribution >= 0.6 is 0 Å². The van der Waals surface area contributed by atoms with Gasteiger partial charge < -0.3 is 24.3 Å². The number of nitrogens with zero attached hydrogens (tertiary/aromatic N) is 3. The van der Waals surface area contributed by atoms with Crippen LogP contribution in [0.15, 0.2) is 46.0 Å². The number of carbonyl (C=O) groups is 1. The van der Waals surface area contributed by atoms with E-state index in [2.05, 4.69) is 21.3 Å². The van der Waals surface area contributed by atoms with Crippen LogP contribution in [0.5, 0.6) is 5.75 Å². The van der Waals surface area contributed by atoms with Gasteiger partial charge in [0.15, 0.2) is 11.7 Å². The largest absolute Gasteiger partial charge is 0.496 e. The lowest BCUT2D eigenvalue weighted by atomic mass is 10.1. The molecule has 1 N–H and O–H groups in total. The van der Waals surface area contributed by atoms with Crippen molar-refractivity contribution in [1.29, 1.82) is 0 Å². The Balaban J connectivity index is 1.53. The van der Waals surface area contributed by atoms with E-state index in [1.807, 2.05) is 24.0 Å². The molecule has 1 fully saturated rings. The summed E-state index contributed by atoms with van der Waals surface area (Å²) in [6.45, 7) is 5.46. The number of piperazine rings is 1. The van der Waals surface area contributed by atoms with Crippen molar-refractivity contribution in [1.82, 2.24) is 15.1 Å². The monoisotopic (exact) mass is 370 g/mol. The lowest BCUT2D eigenvalue weighted by Crippen LogP contribution is -2.53. The van der Waals surface area contributed by atoms with Crippen LogP contribution in [0.2, 0.25) is 0 Å². The molecule has 0 unspecified atom stereocenters. The number of carbonyl (C=O) groups excluding carboxylic acids is 1.